The number of nitrogens with one attached hydrogen (secondary N) is 1. The van der Waals surface area contributed by atoms with Gasteiger partial charge in [-0.25, -0.2) is 0 Å². The number of hydrogen-bond acceptors (Lipinski definition) is 3. The fourth-order valence-electron chi connectivity index (χ4n) is 2.07. The van der Waals surface area contributed by atoms with E-state index in [1.54, 1.807) is 0 Å². The van der Waals surface area contributed by atoms with E-state index < -0.39 is 0 Å². The summed E-state index contributed by atoms with van der Waals surface area (Å²) in [6, 6.07) is 9.15. The maximum atomic E-state index is 4.18. The third-order valence-corrected chi connectivity index (χ3v) is 4.09. The first-order valence-corrected chi connectivity index (χ1v) is 7.26. The van der Waals surface area contributed by atoms with Gasteiger partial charge in [-0.2, -0.15) is 0 Å². The highest BCUT2D eigenvalue weighted by atomic mass is 32.1. The minimum atomic E-state index is 0.313. The molecule has 0 aliphatic heterocycles. The largest absolute Gasteiger partial charge is 0.302 e. The molecule has 2 rings (SSSR count). The average Bonchev–Trinajstić information content (AvgIpc) is 2.90. The molecule has 1 N–H and O–H groups in total. The molecule has 96 valence electrons. The van der Waals surface area contributed by atoms with E-state index in [2.05, 4.69) is 54.7 Å². The molecular weight excluding hydrogens is 240 g/mol. The van der Waals surface area contributed by atoms with Gasteiger partial charge in [0.15, 0.2) is 0 Å². The summed E-state index contributed by atoms with van der Waals surface area (Å²) in [5.74, 6) is 0.572. The van der Waals surface area contributed by atoms with Crippen LogP contribution in [0, 0.1) is 5.92 Å². The van der Waals surface area contributed by atoms with Gasteiger partial charge in [0.2, 0.25) is 0 Å². The van der Waals surface area contributed by atoms with Crippen LogP contribution in [0.15, 0.2) is 42.0 Å². The van der Waals surface area contributed by atoms with Crippen molar-refractivity contribution in [1.29, 1.82) is 0 Å². The van der Waals surface area contributed by atoms with Crippen molar-refractivity contribution in [3.8, 4) is 0 Å². The molecule has 0 aliphatic carbocycles. The van der Waals surface area contributed by atoms with Gasteiger partial charge in [0.1, 0.15) is 0 Å². The second-order valence-electron chi connectivity index (χ2n) is 4.91. The highest BCUT2D eigenvalue weighted by Crippen LogP contribution is 2.28. The zero-order valence-corrected chi connectivity index (χ0v) is 11.9. The Balaban J connectivity index is 2.11. The lowest BCUT2D eigenvalue weighted by molar-refractivity contribution is 0.379. The van der Waals surface area contributed by atoms with Crippen LogP contribution in [0.25, 0.3) is 0 Å². The first-order valence-electron chi connectivity index (χ1n) is 6.38. The minimum Gasteiger partial charge on any atom is -0.302 e. The zero-order valence-electron chi connectivity index (χ0n) is 11.1. The van der Waals surface area contributed by atoms with Crippen LogP contribution in [0.2, 0.25) is 0 Å². The standard InChI is InChI=1S/C15H20N2S/c1-11(2)15(14-7-5-9-18-14)17-12(3)13-6-4-8-16-10-13/h4-12,15,17H,1-3H3/t12-,15?/m1/s1. The highest BCUT2D eigenvalue weighted by Gasteiger charge is 2.19. The molecule has 2 nitrogen and oxygen atoms in total. The highest BCUT2D eigenvalue weighted by molar-refractivity contribution is 7.10. The summed E-state index contributed by atoms with van der Waals surface area (Å²) in [5.41, 5.74) is 1.24. The molecule has 0 radical (unpaired) electrons. The summed E-state index contributed by atoms with van der Waals surface area (Å²) in [5, 5.41) is 5.85. The predicted octanol–water partition coefficient (Wildman–Crippen LogP) is 4.19. The van der Waals surface area contributed by atoms with Crippen LogP contribution in [-0.4, -0.2) is 4.98 Å². The SMILES string of the molecule is CC(C)C(N[C@H](C)c1cccnc1)c1cccs1. The van der Waals surface area contributed by atoms with E-state index in [0.717, 1.165) is 0 Å². The number of thiophene rings is 1. The topological polar surface area (TPSA) is 24.9 Å². The fourth-order valence-corrected chi connectivity index (χ4v) is 3.03. The number of pyridine rings is 1. The first kappa shape index (κ1) is 13.2. The van der Waals surface area contributed by atoms with Gasteiger partial charge in [0.25, 0.3) is 0 Å². The molecule has 2 heterocycles. The second kappa shape index (κ2) is 6.12. The Labute approximate surface area is 113 Å². The van der Waals surface area contributed by atoms with Crippen LogP contribution in [0.1, 0.15) is 43.3 Å². The maximum absolute atomic E-state index is 4.18. The lowest BCUT2D eigenvalue weighted by Crippen LogP contribution is -2.27. The van der Waals surface area contributed by atoms with E-state index in [4.69, 9.17) is 0 Å². The van der Waals surface area contributed by atoms with Crippen LogP contribution in [0.5, 0.6) is 0 Å². The van der Waals surface area contributed by atoms with Gasteiger partial charge >= 0.3 is 0 Å². The Morgan fingerprint density at radius 1 is 1.17 bits per heavy atom. The first-order chi connectivity index (χ1) is 8.68. The van der Waals surface area contributed by atoms with Crippen LogP contribution in [0.3, 0.4) is 0 Å². The molecule has 0 aliphatic rings. The predicted molar refractivity (Wildman–Crippen MR) is 77.7 cm³/mol. The number of rotatable bonds is 5. The second-order valence-corrected chi connectivity index (χ2v) is 5.89. The average molecular weight is 260 g/mol. The smallest absolute Gasteiger partial charge is 0.0442 e. The minimum absolute atomic E-state index is 0.313. The third kappa shape index (κ3) is 3.18. The van der Waals surface area contributed by atoms with Crippen LogP contribution < -0.4 is 5.32 Å². The maximum Gasteiger partial charge on any atom is 0.0442 e. The van der Waals surface area contributed by atoms with Crippen molar-refractivity contribution in [1.82, 2.24) is 10.3 Å². The van der Waals surface area contributed by atoms with Gasteiger partial charge in [0, 0.05) is 29.4 Å². The number of aromatic nitrogens is 1. The Hall–Kier alpha value is -1.19. The van der Waals surface area contributed by atoms with Crippen molar-refractivity contribution < 1.29 is 0 Å². The van der Waals surface area contributed by atoms with Gasteiger partial charge in [-0.1, -0.05) is 26.0 Å². The molecule has 2 aromatic heterocycles. The Morgan fingerprint density at radius 2 is 2.00 bits per heavy atom. The molecule has 0 amide bonds. The summed E-state index contributed by atoms with van der Waals surface area (Å²) in [6.45, 7) is 6.71. The van der Waals surface area contributed by atoms with Crippen molar-refractivity contribution in [2.45, 2.75) is 32.9 Å². The molecule has 0 spiro atoms. The van der Waals surface area contributed by atoms with Gasteiger partial charge in [-0.15, -0.1) is 11.3 Å². The van der Waals surface area contributed by atoms with E-state index in [1.807, 2.05) is 29.8 Å². The van der Waals surface area contributed by atoms with Crippen LogP contribution in [0.4, 0.5) is 0 Å². The third-order valence-electron chi connectivity index (χ3n) is 3.13. The van der Waals surface area contributed by atoms with Gasteiger partial charge in [-0.3, -0.25) is 4.98 Å². The summed E-state index contributed by atoms with van der Waals surface area (Å²) in [4.78, 5) is 5.59. The van der Waals surface area contributed by atoms with Crippen molar-refractivity contribution in [3.63, 3.8) is 0 Å². The van der Waals surface area contributed by atoms with Gasteiger partial charge < -0.3 is 5.32 Å². The van der Waals surface area contributed by atoms with E-state index in [1.165, 1.54) is 10.4 Å². The Bertz CT molecular complexity index is 451. The van der Waals surface area contributed by atoms with E-state index in [-0.39, 0.29) is 0 Å². The normalized spacial score (nSPS) is 14.7. The molecule has 2 aromatic rings. The van der Waals surface area contributed by atoms with Crippen molar-refractivity contribution in [2.24, 2.45) is 5.92 Å². The zero-order chi connectivity index (χ0) is 13.0. The Kier molecular flexibility index (Phi) is 4.50. The van der Waals surface area contributed by atoms with Crippen molar-refractivity contribution in [3.05, 3.63) is 52.5 Å². The number of nitrogens with zero attached hydrogens (tertiary/aromatic N) is 1. The lowest BCUT2D eigenvalue weighted by atomic mass is 10.0. The summed E-state index contributed by atoms with van der Waals surface area (Å²) < 4.78 is 0. The number of hydrogen-bond donors (Lipinski definition) is 1. The fraction of sp³-hybridized carbons (Fsp3) is 0.400. The van der Waals surface area contributed by atoms with Crippen molar-refractivity contribution >= 4 is 11.3 Å². The van der Waals surface area contributed by atoms with E-state index >= 15 is 0 Å². The molecule has 0 bridgehead atoms. The molecule has 18 heavy (non-hydrogen) atoms. The molecule has 0 aromatic carbocycles. The molecular formula is C15H20N2S. The Morgan fingerprint density at radius 3 is 2.56 bits per heavy atom. The molecule has 1 unspecified atom stereocenters. The summed E-state index contributed by atoms with van der Waals surface area (Å²) in [6.07, 6.45) is 3.75. The van der Waals surface area contributed by atoms with Crippen molar-refractivity contribution in [2.75, 3.05) is 0 Å². The monoisotopic (exact) mass is 260 g/mol. The lowest BCUT2D eigenvalue weighted by Gasteiger charge is -2.25. The molecule has 0 saturated carbocycles. The summed E-state index contributed by atoms with van der Waals surface area (Å²) >= 11 is 1.82. The summed E-state index contributed by atoms with van der Waals surface area (Å²) in [7, 11) is 0. The molecule has 3 heteroatoms. The van der Waals surface area contributed by atoms with Crippen LogP contribution >= 0.6 is 11.3 Å². The van der Waals surface area contributed by atoms with Gasteiger partial charge in [-0.05, 0) is 35.9 Å². The van der Waals surface area contributed by atoms with E-state index in [9.17, 15) is 0 Å². The molecule has 2 atom stereocenters. The molecule has 0 fully saturated rings. The van der Waals surface area contributed by atoms with Gasteiger partial charge in [0.05, 0.1) is 0 Å². The quantitative estimate of drug-likeness (QED) is 0.872. The van der Waals surface area contributed by atoms with Crippen LogP contribution in [-0.2, 0) is 0 Å². The molecule has 0 saturated heterocycles. The van der Waals surface area contributed by atoms with E-state index in [0.29, 0.717) is 18.0 Å².